The fraction of sp³-hybridized carbons (Fsp3) is 0.393. The van der Waals surface area contributed by atoms with Gasteiger partial charge in [-0.1, -0.05) is 49.1 Å². The van der Waals surface area contributed by atoms with Gasteiger partial charge in [0.1, 0.15) is 16.9 Å². The third-order valence-corrected chi connectivity index (χ3v) is 9.63. The third-order valence-electron chi connectivity index (χ3n) is 7.18. The number of rotatable bonds is 7. The van der Waals surface area contributed by atoms with E-state index in [-0.39, 0.29) is 24.2 Å². The topological polar surface area (TPSA) is 68.3 Å². The number of nitrogens with zero attached hydrogens (tertiary/aromatic N) is 1. The molecule has 3 heterocycles. The minimum Gasteiger partial charge on any atom is -0.474 e. The van der Waals surface area contributed by atoms with Gasteiger partial charge in [0, 0.05) is 17.4 Å². The van der Waals surface area contributed by atoms with Gasteiger partial charge in [0.25, 0.3) is 0 Å². The number of carbonyl (C=O) groups is 2. The summed E-state index contributed by atoms with van der Waals surface area (Å²) in [5.41, 5.74) is 0.414. The molecule has 1 saturated carbocycles. The zero-order chi connectivity index (χ0) is 25.1. The zero-order valence-electron chi connectivity index (χ0n) is 20.1. The molecule has 1 aromatic carbocycles. The number of benzene rings is 1. The standard InChI is InChI=1S/C28H29ClN2O3S2/c1-18(19-8-3-2-4-9-19)34-25-13-7-12-24(30-25)28(20-14-15-35-17-20)16-22(32)26(27(33)31-28)36-23-11-6-5-10-21(23)29/h5-7,10-15,17-19,26H,2-4,8-9,16H2,1H3,(H,31,33). The molecule has 0 bridgehead atoms. The lowest BCUT2D eigenvalue weighted by atomic mass is 9.79. The highest BCUT2D eigenvalue weighted by Crippen LogP contribution is 2.41. The Balaban J connectivity index is 1.42. The van der Waals surface area contributed by atoms with E-state index in [1.54, 1.807) is 6.07 Å². The molecule has 0 spiro atoms. The molecule has 1 amide bonds. The molecule has 2 fully saturated rings. The Hall–Kier alpha value is -2.35. The number of ether oxygens (including phenoxy) is 1. The quantitative estimate of drug-likeness (QED) is 0.340. The maximum atomic E-state index is 13.5. The SMILES string of the molecule is CC(Oc1cccc(C2(c3ccsc3)CC(=O)C(Sc3ccccc3Cl)C(=O)N2)n1)C1CCCCC1. The van der Waals surface area contributed by atoms with Gasteiger partial charge < -0.3 is 10.1 Å². The first-order chi connectivity index (χ1) is 17.5. The Morgan fingerprint density at radius 3 is 2.64 bits per heavy atom. The first kappa shape index (κ1) is 25.3. The van der Waals surface area contributed by atoms with Crippen molar-refractivity contribution in [1.29, 1.82) is 0 Å². The first-order valence-electron chi connectivity index (χ1n) is 12.4. The molecular weight excluding hydrogens is 512 g/mol. The van der Waals surface area contributed by atoms with Gasteiger partial charge in [0.05, 0.1) is 10.7 Å². The van der Waals surface area contributed by atoms with E-state index >= 15 is 0 Å². The summed E-state index contributed by atoms with van der Waals surface area (Å²) in [5.74, 6) is 0.549. The van der Waals surface area contributed by atoms with Crippen molar-refractivity contribution in [1.82, 2.24) is 10.3 Å². The van der Waals surface area contributed by atoms with Gasteiger partial charge in [0.2, 0.25) is 11.8 Å². The maximum Gasteiger partial charge on any atom is 0.242 e. The van der Waals surface area contributed by atoms with Gasteiger partial charge in [-0.2, -0.15) is 11.3 Å². The summed E-state index contributed by atoms with van der Waals surface area (Å²) in [6.45, 7) is 2.11. The lowest BCUT2D eigenvalue weighted by molar-refractivity contribution is -0.133. The van der Waals surface area contributed by atoms with Gasteiger partial charge in [-0.3, -0.25) is 9.59 Å². The van der Waals surface area contributed by atoms with Crippen LogP contribution in [0.4, 0.5) is 0 Å². The van der Waals surface area contributed by atoms with Crippen LogP contribution in [0.5, 0.6) is 5.88 Å². The third kappa shape index (κ3) is 5.20. The molecule has 3 atom stereocenters. The summed E-state index contributed by atoms with van der Waals surface area (Å²) in [4.78, 5) is 32.5. The molecule has 2 aromatic heterocycles. The van der Waals surface area contributed by atoms with Gasteiger partial charge >= 0.3 is 0 Å². The second-order valence-electron chi connectivity index (χ2n) is 9.56. The maximum absolute atomic E-state index is 13.5. The number of piperidine rings is 1. The van der Waals surface area contributed by atoms with E-state index in [1.807, 2.05) is 53.2 Å². The lowest BCUT2D eigenvalue weighted by Gasteiger charge is -2.39. The van der Waals surface area contributed by atoms with Gasteiger partial charge in [-0.05, 0) is 66.3 Å². The molecule has 2 aliphatic rings. The van der Waals surface area contributed by atoms with Crippen LogP contribution in [0.2, 0.25) is 5.02 Å². The number of thioether (sulfide) groups is 1. The fourth-order valence-corrected chi connectivity index (χ4v) is 7.17. The Morgan fingerprint density at radius 2 is 1.92 bits per heavy atom. The van der Waals surface area contributed by atoms with Crippen molar-refractivity contribution in [3.05, 3.63) is 75.6 Å². The number of hydrogen-bond donors (Lipinski definition) is 1. The Morgan fingerprint density at radius 1 is 1.11 bits per heavy atom. The second-order valence-corrected chi connectivity index (χ2v) is 11.9. The van der Waals surface area contributed by atoms with Crippen LogP contribution >= 0.6 is 34.7 Å². The summed E-state index contributed by atoms with van der Waals surface area (Å²) >= 11 is 9.02. The van der Waals surface area contributed by atoms with E-state index in [4.69, 9.17) is 21.3 Å². The van der Waals surface area contributed by atoms with Crippen molar-refractivity contribution in [2.75, 3.05) is 0 Å². The summed E-state index contributed by atoms with van der Waals surface area (Å²) in [6, 6.07) is 14.8. The number of amides is 1. The largest absolute Gasteiger partial charge is 0.474 e. The highest BCUT2D eigenvalue weighted by Gasteiger charge is 2.48. The molecule has 0 radical (unpaired) electrons. The highest BCUT2D eigenvalue weighted by atomic mass is 35.5. The molecule has 1 N–H and O–H groups in total. The molecule has 3 aromatic rings. The summed E-state index contributed by atoms with van der Waals surface area (Å²) in [6.07, 6.45) is 6.30. The van der Waals surface area contributed by atoms with E-state index in [0.29, 0.717) is 27.4 Å². The molecule has 188 valence electrons. The van der Waals surface area contributed by atoms with Crippen molar-refractivity contribution < 1.29 is 14.3 Å². The van der Waals surface area contributed by atoms with Crippen LogP contribution in [0.25, 0.3) is 0 Å². The Kier molecular flexibility index (Phi) is 7.70. The van der Waals surface area contributed by atoms with Gasteiger partial charge in [-0.25, -0.2) is 4.98 Å². The van der Waals surface area contributed by atoms with E-state index in [2.05, 4.69) is 12.2 Å². The number of Topliss-reactive ketones (excluding diaryl/α,β-unsaturated/α-hetero) is 1. The van der Waals surface area contributed by atoms with Crippen molar-refractivity contribution in [2.24, 2.45) is 5.92 Å². The van der Waals surface area contributed by atoms with Crippen LogP contribution in [-0.2, 0) is 15.1 Å². The molecule has 3 unspecified atom stereocenters. The van der Waals surface area contributed by atoms with Crippen LogP contribution in [0.1, 0.15) is 56.7 Å². The van der Waals surface area contributed by atoms with Crippen molar-refractivity contribution in [3.8, 4) is 5.88 Å². The summed E-state index contributed by atoms with van der Waals surface area (Å²) in [7, 11) is 0. The molecule has 1 saturated heterocycles. The first-order valence-corrected chi connectivity index (χ1v) is 14.6. The lowest BCUT2D eigenvalue weighted by Crippen LogP contribution is -2.58. The molecular formula is C28H29ClN2O3S2. The van der Waals surface area contributed by atoms with Crippen LogP contribution < -0.4 is 10.1 Å². The number of thiophene rings is 1. The average Bonchev–Trinajstić information content (AvgIpc) is 3.44. The van der Waals surface area contributed by atoms with Crippen LogP contribution in [0, 0.1) is 5.92 Å². The van der Waals surface area contributed by atoms with Crippen molar-refractivity contribution in [2.45, 2.75) is 67.2 Å². The molecule has 5 nitrogen and oxygen atoms in total. The number of halogens is 1. The fourth-order valence-electron chi connectivity index (χ4n) is 5.20. The molecule has 36 heavy (non-hydrogen) atoms. The van der Waals surface area contributed by atoms with E-state index < -0.39 is 10.8 Å². The predicted molar refractivity (Wildman–Crippen MR) is 145 cm³/mol. The van der Waals surface area contributed by atoms with Crippen LogP contribution in [0.3, 0.4) is 0 Å². The number of hydrogen-bond acceptors (Lipinski definition) is 6. The summed E-state index contributed by atoms with van der Waals surface area (Å²) < 4.78 is 6.29. The smallest absolute Gasteiger partial charge is 0.242 e. The highest BCUT2D eigenvalue weighted by molar-refractivity contribution is 8.01. The number of ketones is 1. The minimum atomic E-state index is -1.04. The Labute approximate surface area is 225 Å². The number of carbonyl (C=O) groups excluding carboxylic acids is 2. The predicted octanol–water partition coefficient (Wildman–Crippen LogP) is 6.64. The van der Waals surface area contributed by atoms with E-state index in [1.165, 1.54) is 55.2 Å². The zero-order valence-corrected chi connectivity index (χ0v) is 22.5. The van der Waals surface area contributed by atoms with Crippen LogP contribution in [0.15, 0.2) is 64.2 Å². The van der Waals surface area contributed by atoms with Gasteiger partial charge in [0.15, 0.2) is 5.78 Å². The molecule has 8 heteroatoms. The second kappa shape index (κ2) is 11.0. The molecule has 5 rings (SSSR count). The molecule has 1 aliphatic heterocycles. The van der Waals surface area contributed by atoms with Crippen molar-refractivity contribution >= 4 is 46.4 Å². The number of nitrogens with one attached hydrogen (secondary N) is 1. The number of pyridine rings is 1. The minimum absolute atomic E-state index is 0.0594. The Bertz CT molecular complexity index is 1210. The van der Waals surface area contributed by atoms with Crippen LogP contribution in [-0.4, -0.2) is 28.0 Å². The monoisotopic (exact) mass is 540 g/mol. The molecule has 1 aliphatic carbocycles. The van der Waals surface area contributed by atoms with E-state index in [0.717, 1.165) is 5.56 Å². The van der Waals surface area contributed by atoms with Gasteiger partial charge in [-0.15, -0.1) is 11.8 Å². The average molecular weight is 541 g/mol. The number of aromatic nitrogens is 1. The summed E-state index contributed by atoms with van der Waals surface area (Å²) in [5, 5.41) is 6.74. The van der Waals surface area contributed by atoms with E-state index in [9.17, 15) is 9.59 Å². The van der Waals surface area contributed by atoms with Crippen molar-refractivity contribution in [3.63, 3.8) is 0 Å². The normalized spacial score (nSPS) is 23.8.